The number of hydrogen-bond donors (Lipinski definition) is 1. The van der Waals surface area contributed by atoms with Gasteiger partial charge in [-0.3, -0.25) is 0 Å². The summed E-state index contributed by atoms with van der Waals surface area (Å²) >= 11 is 0. The SMILES string of the molecule is C[C@H]1COCCNCCOC[C@H](C)OCc2cccc(c2)CO1. The fourth-order valence-electron chi connectivity index (χ4n) is 2.29. The van der Waals surface area contributed by atoms with E-state index in [2.05, 4.69) is 23.5 Å². The Morgan fingerprint density at radius 2 is 1.39 bits per heavy atom. The summed E-state index contributed by atoms with van der Waals surface area (Å²) in [6, 6.07) is 8.33. The number of benzene rings is 1. The van der Waals surface area contributed by atoms with E-state index in [0.717, 1.165) is 24.2 Å². The van der Waals surface area contributed by atoms with Crippen LogP contribution in [0.25, 0.3) is 0 Å². The van der Waals surface area contributed by atoms with Crippen LogP contribution in [0.1, 0.15) is 25.0 Å². The first-order chi connectivity index (χ1) is 11.2. The summed E-state index contributed by atoms with van der Waals surface area (Å²) < 4.78 is 22.9. The Bertz CT molecular complexity index is 406. The van der Waals surface area contributed by atoms with Gasteiger partial charge in [0.1, 0.15) is 0 Å². The van der Waals surface area contributed by atoms with Gasteiger partial charge in [0.05, 0.1) is 51.8 Å². The predicted molar refractivity (Wildman–Crippen MR) is 89.5 cm³/mol. The van der Waals surface area contributed by atoms with Crippen molar-refractivity contribution < 1.29 is 18.9 Å². The lowest BCUT2D eigenvalue weighted by molar-refractivity contribution is -0.0190. The Hall–Kier alpha value is -0.980. The first-order valence-electron chi connectivity index (χ1n) is 8.41. The van der Waals surface area contributed by atoms with Crippen molar-refractivity contribution >= 4 is 0 Å². The Balaban J connectivity index is 1.89. The van der Waals surface area contributed by atoms with Crippen LogP contribution in [0.4, 0.5) is 0 Å². The van der Waals surface area contributed by atoms with E-state index in [0.29, 0.717) is 39.6 Å². The molecule has 0 amide bonds. The van der Waals surface area contributed by atoms with Crippen molar-refractivity contribution in [2.45, 2.75) is 39.3 Å². The lowest BCUT2D eigenvalue weighted by Crippen LogP contribution is -2.27. The van der Waals surface area contributed by atoms with Crippen LogP contribution in [0.5, 0.6) is 0 Å². The van der Waals surface area contributed by atoms with Crippen molar-refractivity contribution in [1.82, 2.24) is 5.32 Å². The van der Waals surface area contributed by atoms with Crippen molar-refractivity contribution in [3.8, 4) is 0 Å². The van der Waals surface area contributed by atoms with Gasteiger partial charge in [0.15, 0.2) is 0 Å². The summed E-state index contributed by atoms with van der Waals surface area (Å²) in [5.41, 5.74) is 2.31. The van der Waals surface area contributed by atoms with Gasteiger partial charge in [0.2, 0.25) is 0 Å². The van der Waals surface area contributed by atoms with Gasteiger partial charge in [-0.05, 0) is 25.0 Å². The van der Waals surface area contributed by atoms with Crippen LogP contribution in [0.15, 0.2) is 24.3 Å². The minimum atomic E-state index is 0.0807. The molecule has 2 bridgehead atoms. The molecule has 0 aromatic heterocycles. The second-order valence-corrected chi connectivity index (χ2v) is 5.96. The largest absolute Gasteiger partial charge is 0.377 e. The van der Waals surface area contributed by atoms with Crippen molar-refractivity contribution in [2.24, 2.45) is 0 Å². The summed E-state index contributed by atoms with van der Waals surface area (Å²) in [7, 11) is 0. The summed E-state index contributed by atoms with van der Waals surface area (Å²) in [6.07, 6.45) is 0.161. The molecule has 0 aliphatic carbocycles. The average molecular weight is 323 g/mol. The van der Waals surface area contributed by atoms with Crippen LogP contribution in [0, 0.1) is 0 Å². The van der Waals surface area contributed by atoms with E-state index in [-0.39, 0.29) is 12.2 Å². The zero-order valence-electron chi connectivity index (χ0n) is 14.3. The first-order valence-corrected chi connectivity index (χ1v) is 8.41. The van der Waals surface area contributed by atoms with Crippen LogP contribution in [0.3, 0.4) is 0 Å². The molecule has 1 aromatic rings. The monoisotopic (exact) mass is 323 g/mol. The predicted octanol–water partition coefficient (Wildman–Crippen LogP) is 2.13. The molecule has 1 N–H and O–H groups in total. The molecule has 0 radical (unpaired) electrons. The molecule has 5 nitrogen and oxygen atoms in total. The fourth-order valence-corrected chi connectivity index (χ4v) is 2.29. The standard InChI is InChI=1S/C18H29NO4/c1-15-11-20-8-6-19-7-9-21-12-16(2)23-14-18-5-3-4-17(10-18)13-22-15/h3-5,10,15-16,19H,6-9,11-14H2,1-2H3/t15-,16-/m0/s1. The lowest BCUT2D eigenvalue weighted by Gasteiger charge is -2.16. The molecule has 0 saturated carbocycles. The second-order valence-electron chi connectivity index (χ2n) is 5.96. The topological polar surface area (TPSA) is 49.0 Å². The van der Waals surface area contributed by atoms with Gasteiger partial charge in [-0.15, -0.1) is 0 Å². The maximum atomic E-state index is 5.84. The molecule has 1 aliphatic heterocycles. The van der Waals surface area contributed by atoms with Gasteiger partial charge in [-0.25, -0.2) is 0 Å². The molecule has 0 spiro atoms. The number of fused-ring (bicyclic) bond motifs is 2. The Morgan fingerprint density at radius 1 is 0.870 bits per heavy atom. The molecule has 23 heavy (non-hydrogen) atoms. The minimum Gasteiger partial charge on any atom is -0.377 e. The number of rotatable bonds is 0. The van der Waals surface area contributed by atoms with E-state index in [4.69, 9.17) is 18.9 Å². The number of nitrogens with one attached hydrogen (secondary N) is 1. The summed E-state index contributed by atoms with van der Waals surface area (Å²) in [4.78, 5) is 0. The van der Waals surface area contributed by atoms with Crippen LogP contribution < -0.4 is 5.32 Å². The highest BCUT2D eigenvalue weighted by Gasteiger charge is 2.06. The molecule has 0 fully saturated rings. The smallest absolute Gasteiger partial charge is 0.0785 e. The molecule has 2 atom stereocenters. The van der Waals surface area contributed by atoms with Crippen molar-refractivity contribution in [3.05, 3.63) is 35.4 Å². The molecule has 1 aromatic carbocycles. The molecular formula is C18H29NO4. The number of ether oxygens (including phenoxy) is 4. The highest BCUT2D eigenvalue weighted by atomic mass is 16.5. The number of hydrogen-bond acceptors (Lipinski definition) is 5. The minimum absolute atomic E-state index is 0.0807. The molecule has 130 valence electrons. The van der Waals surface area contributed by atoms with Crippen LogP contribution in [-0.2, 0) is 32.2 Å². The molecule has 1 aliphatic rings. The highest BCUT2D eigenvalue weighted by molar-refractivity contribution is 5.22. The van der Waals surface area contributed by atoms with Crippen molar-refractivity contribution in [3.63, 3.8) is 0 Å². The molecule has 1 heterocycles. The average Bonchev–Trinajstić information content (AvgIpc) is 2.56. The molecule has 0 unspecified atom stereocenters. The van der Waals surface area contributed by atoms with Gasteiger partial charge in [0.25, 0.3) is 0 Å². The van der Waals surface area contributed by atoms with Crippen molar-refractivity contribution in [2.75, 3.05) is 39.5 Å². The van der Waals surface area contributed by atoms with Crippen LogP contribution >= 0.6 is 0 Å². The van der Waals surface area contributed by atoms with Gasteiger partial charge < -0.3 is 24.3 Å². The van der Waals surface area contributed by atoms with E-state index >= 15 is 0 Å². The fraction of sp³-hybridized carbons (Fsp3) is 0.667. The molecule has 5 heteroatoms. The third-order valence-corrected chi connectivity index (χ3v) is 3.61. The van der Waals surface area contributed by atoms with Gasteiger partial charge in [0, 0.05) is 13.1 Å². The third-order valence-electron chi connectivity index (χ3n) is 3.61. The second kappa shape index (κ2) is 10.7. The molecular weight excluding hydrogens is 294 g/mol. The Morgan fingerprint density at radius 3 is 1.91 bits per heavy atom. The van der Waals surface area contributed by atoms with E-state index < -0.39 is 0 Å². The van der Waals surface area contributed by atoms with E-state index in [9.17, 15) is 0 Å². The molecule has 2 rings (SSSR count). The van der Waals surface area contributed by atoms with Crippen molar-refractivity contribution in [1.29, 1.82) is 0 Å². The maximum absolute atomic E-state index is 5.84. The Labute approximate surface area is 139 Å². The maximum Gasteiger partial charge on any atom is 0.0785 e. The van der Waals surface area contributed by atoms with E-state index in [1.807, 2.05) is 19.9 Å². The van der Waals surface area contributed by atoms with Crippen LogP contribution in [0.2, 0.25) is 0 Å². The summed E-state index contributed by atoms with van der Waals surface area (Å²) in [6.45, 7) is 9.49. The first kappa shape index (κ1) is 18.4. The highest BCUT2D eigenvalue weighted by Crippen LogP contribution is 2.10. The lowest BCUT2D eigenvalue weighted by atomic mass is 10.1. The van der Waals surface area contributed by atoms with E-state index in [1.54, 1.807) is 0 Å². The van der Waals surface area contributed by atoms with Gasteiger partial charge in [-0.1, -0.05) is 24.3 Å². The molecule has 0 saturated heterocycles. The normalized spacial score (nSPS) is 26.2. The van der Waals surface area contributed by atoms with Crippen LogP contribution in [-0.4, -0.2) is 51.7 Å². The zero-order chi connectivity index (χ0) is 16.3. The van der Waals surface area contributed by atoms with Gasteiger partial charge in [-0.2, -0.15) is 0 Å². The van der Waals surface area contributed by atoms with Gasteiger partial charge >= 0.3 is 0 Å². The summed E-state index contributed by atoms with van der Waals surface area (Å²) in [5, 5.41) is 3.29. The third kappa shape index (κ3) is 7.90. The summed E-state index contributed by atoms with van der Waals surface area (Å²) in [5.74, 6) is 0. The Kier molecular flexibility index (Phi) is 8.57. The zero-order valence-corrected chi connectivity index (χ0v) is 14.3. The van der Waals surface area contributed by atoms with E-state index in [1.165, 1.54) is 0 Å². The quantitative estimate of drug-likeness (QED) is 0.793.